The number of nitrogens with one attached hydrogen (secondary N) is 3. The smallest absolute Gasteiger partial charge is 0.407 e. The number of fused-ring (bicyclic) bond motifs is 4. The molecule has 87 heavy (non-hydrogen) atoms. The van der Waals surface area contributed by atoms with Crippen LogP contribution in [0.3, 0.4) is 0 Å². The highest BCUT2D eigenvalue weighted by molar-refractivity contribution is 7.90. The van der Waals surface area contributed by atoms with Crippen molar-refractivity contribution in [3.63, 3.8) is 0 Å². The largest absolute Gasteiger partial charge is 0.487 e. The predicted molar refractivity (Wildman–Crippen MR) is 324 cm³/mol. The number of para-hydroxylation sites is 2. The topological polar surface area (TPSA) is 349 Å². The Labute approximate surface area is 506 Å². The third-order valence-electron chi connectivity index (χ3n) is 14.8. The van der Waals surface area contributed by atoms with E-state index in [0.717, 1.165) is 56.4 Å². The van der Waals surface area contributed by atoms with Crippen LogP contribution in [-0.4, -0.2) is 131 Å². The Bertz CT molecular complexity index is 3790. The molecule has 7 rings (SSSR count). The van der Waals surface area contributed by atoms with Crippen molar-refractivity contribution in [3.05, 3.63) is 151 Å². The SMILES string of the molecule is Cc1c(C)c(S(=O)(=O)NC(N)=NCCC[C@H](NC(=O)OCC2c3ccccc3-c3ccccc32)C(=O)NCCCN(CCCN(CC(=O)OC(C)(C)C)S(=O)(=O)c2ccccc2[N+](=O)[O-])S(=O)(=O)c2ccccc2[N+](=O)[O-])c(C)c2c1OC(C)(C)CC2. The maximum Gasteiger partial charge on any atom is 0.407 e. The minimum absolute atomic E-state index is 0.0534. The Hall–Kier alpha value is -8.05. The molecule has 0 unspecified atom stereocenters. The van der Waals surface area contributed by atoms with Gasteiger partial charge in [0.2, 0.25) is 31.9 Å². The molecule has 5 aromatic rings. The summed E-state index contributed by atoms with van der Waals surface area (Å²) in [5.74, 6) is -1.85. The Balaban J connectivity index is 1.08. The lowest BCUT2D eigenvalue weighted by Gasteiger charge is -2.35. The molecule has 0 radical (unpaired) electrons. The van der Waals surface area contributed by atoms with Crippen molar-refractivity contribution in [1.82, 2.24) is 24.0 Å². The number of nitro groups is 2. The number of carbonyl (C=O) groups excluding carboxylic acids is 3. The molecule has 0 fully saturated rings. The van der Waals surface area contributed by atoms with Crippen LogP contribution < -0.4 is 25.8 Å². The Morgan fingerprint density at radius 3 is 1.86 bits per heavy atom. The van der Waals surface area contributed by atoms with E-state index in [-0.39, 0.29) is 56.2 Å². The van der Waals surface area contributed by atoms with E-state index >= 15 is 0 Å². The van der Waals surface area contributed by atoms with Gasteiger partial charge in [0.25, 0.3) is 21.4 Å². The molecule has 2 aliphatic rings. The third-order valence-corrected chi connectivity index (χ3v) is 20.3. The number of alkyl carbamates (subject to hydrolysis) is 1. The number of esters is 1. The lowest BCUT2D eigenvalue weighted by atomic mass is 9.88. The van der Waals surface area contributed by atoms with Crippen LogP contribution in [0.5, 0.6) is 5.75 Å². The molecule has 0 spiro atoms. The number of nitrogens with two attached hydrogens (primary N) is 1. The maximum absolute atomic E-state index is 14.4. The van der Waals surface area contributed by atoms with Crippen LogP contribution >= 0.6 is 0 Å². The second-order valence-corrected chi connectivity index (χ2v) is 28.1. The molecule has 28 heteroatoms. The fourth-order valence-corrected chi connectivity index (χ4v) is 15.4. The molecule has 0 saturated carbocycles. The number of aliphatic imine (C=N–C) groups is 1. The van der Waals surface area contributed by atoms with Gasteiger partial charge in [-0.25, -0.2) is 34.8 Å². The lowest BCUT2D eigenvalue weighted by molar-refractivity contribution is -0.388. The van der Waals surface area contributed by atoms with E-state index in [1.807, 2.05) is 62.4 Å². The number of benzene rings is 5. The van der Waals surface area contributed by atoms with Gasteiger partial charge in [-0.15, -0.1) is 0 Å². The average molecular weight is 1260 g/mol. The summed E-state index contributed by atoms with van der Waals surface area (Å²) in [7, 11) is -13.9. The molecule has 5 N–H and O–H groups in total. The van der Waals surface area contributed by atoms with E-state index in [0.29, 0.717) is 39.6 Å². The first kappa shape index (κ1) is 66.5. The van der Waals surface area contributed by atoms with Crippen LogP contribution in [0.2, 0.25) is 0 Å². The van der Waals surface area contributed by atoms with Crippen molar-refractivity contribution in [2.24, 2.45) is 10.7 Å². The fraction of sp³-hybridized carbons (Fsp3) is 0.424. The Kier molecular flexibility index (Phi) is 20.9. The summed E-state index contributed by atoms with van der Waals surface area (Å²) in [5, 5.41) is 29.4. The van der Waals surface area contributed by atoms with Crippen molar-refractivity contribution in [1.29, 1.82) is 0 Å². The number of rotatable bonds is 26. The van der Waals surface area contributed by atoms with Gasteiger partial charge in [-0.2, -0.15) is 8.61 Å². The number of nitro benzene ring substituents is 2. The highest BCUT2D eigenvalue weighted by atomic mass is 32.2. The molecule has 5 aromatic carbocycles. The van der Waals surface area contributed by atoms with E-state index in [4.69, 9.17) is 19.9 Å². The second kappa shape index (κ2) is 27.3. The zero-order valence-corrected chi connectivity index (χ0v) is 52.1. The number of hydrogen-bond donors (Lipinski definition) is 4. The first-order valence-corrected chi connectivity index (χ1v) is 32.4. The molecule has 468 valence electrons. The highest BCUT2D eigenvalue weighted by Crippen LogP contribution is 2.45. The number of amides is 2. The van der Waals surface area contributed by atoms with Crippen LogP contribution in [0.25, 0.3) is 11.1 Å². The molecule has 1 heterocycles. The Morgan fingerprint density at radius 2 is 1.29 bits per heavy atom. The molecule has 1 aliphatic carbocycles. The number of sulfonamides is 3. The van der Waals surface area contributed by atoms with Crippen molar-refractivity contribution in [2.45, 2.75) is 132 Å². The monoisotopic (exact) mass is 1260 g/mol. The summed E-state index contributed by atoms with van der Waals surface area (Å²) in [6, 6.07) is 23.1. The normalized spacial score (nSPS) is 14.5. The number of hydrogen-bond acceptors (Lipinski definition) is 17. The van der Waals surface area contributed by atoms with Crippen molar-refractivity contribution in [3.8, 4) is 16.9 Å². The second-order valence-electron chi connectivity index (χ2n) is 22.7. The van der Waals surface area contributed by atoms with Crippen molar-refractivity contribution < 1.29 is 63.7 Å². The summed E-state index contributed by atoms with van der Waals surface area (Å²) in [5.41, 5.74) is 9.47. The minimum Gasteiger partial charge on any atom is -0.487 e. The van der Waals surface area contributed by atoms with E-state index in [2.05, 4.69) is 20.3 Å². The van der Waals surface area contributed by atoms with Gasteiger partial charge in [-0.1, -0.05) is 72.8 Å². The van der Waals surface area contributed by atoms with Gasteiger partial charge in [0.15, 0.2) is 9.79 Å². The molecule has 0 saturated heterocycles. The molecular weight excluding hydrogens is 1190 g/mol. The predicted octanol–water partition coefficient (Wildman–Crippen LogP) is 7.43. The number of guanidine groups is 1. The maximum atomic E-state index is 14.4. The van der Waals surface area contributed by atoms with Gasteiger partial charge < -0.3 is 30.6 Å². The molecule has 1 aliphatic heterocycles. The van der Waals surface area contributed by atoms with Crippen molar-refractivity contribution in [2.75, 3.05) is 45.9 Å². The number of ether oxygens (including phenoxy) is 3. The van der Waals surface area contributed by atoms with Gasteiger partial charge in [0, 0.05) is 50.8 Å². The van der Waals surface area contributed by atoms with Gasteiger partial charge in [-0.05, 0) is 151 Å². The highest BCUT2D eigenvalue weighted by Gasteiger charge is 2.38. The van der Waals surface area contributed by atoms with Gasteiger partial charge in [0.05, 0.1) is 14.7 Å². The minimum atomic E-state index is -4.85. The number of nitrogens with zero attached hydrogens (tertiary/aromatic N) is 5. The van der Waals surface area contributed by atoms with Gasteiger partial charge in [-0.3, -0.25) is 34.8 Å². The van der Waals surface area contributed by atoms with E-state index in [1.54, 1.807) is 41.5 Å². The molecular formula is C59H73N9O16S3. The zero-order valence-electron chi connectivity index (χ0n) is 49.7. The van der Waals surface area contributed by atoms with Crippen LogP contribution in [0.1, 0.15) is 106 Å². The fourth-order valence-electron chi connectivity index (χ4n) is 10.6. The van der Waals surface area contributed by atoms with E-state index in [9.17, 15) is 59.9 Å². The van der Waals surface area contributed by atoms with E-state index < -0.39 is 128 Å². The lowest BCUT2D eigenvalue weighted by Crippen LogP contribution is -2.47. The summed E-state index contributed by atoms with van der Waals surface area (Å²) in [6.45, 7) is 10.8. The molecule has 0 aromatic heterocycles. The average Bonchev–Trinajstić information content (AvgIpc) is 0.886. The summed E-state index contributed by atoms with van der Waals surface area (Å²) >= 11 is 0. The summed E-state index contributed by atoms with van der Waals surface area (Å²) < 4.78 is 106. The third kappa shape index (κ3) is 15.9. The summed E-state index contributed by atoms with van der Waals surface area (Å²) in [6.07, 6.45) is -0.221. The quantitative estimate of drug-likeness (QED) is 0.0104. The molecule has 1 atom stereocenters. The van der Waals surface area contributed by atoms with Crippen LogP contribution in [0, 0.1) is 41.0 Å². The first-order chi connectivity index (χ1) is 40.8. The van der Waals surface area contributed by atoms with Crippen LogP contribution in [0.15, 0.2) is 117 Å². The number of carbonyl (C=O) groups is 3. The molecule has 0 bridgehead atoms. The van der Waals surface area contributed by atoms with Crippen LogP contribution in [-0.2, 0) is 55.6 Å². The summed E-state index contributed by atoms with van der Waals surface area (Å²) in [4.78, 5) is 66.2. The van der Waals surface area contributed by atoms with E-state index in [1.165, 1.54) is 24.3 Å². The Morgan fingerprint density at radius 1 is 0.759 bits per heavy atom. The van der Waals surface area contributed by atoms with Crippen molar-refractivity contribution >= 4 is 65.4 Å². The van der Waals surface area contributed by atoms with Gasteiger partial charge in [0.1, 0.15) is 36.1 Å². The standard InChI is InChI=1S/C59H73N9O16S3/c1-38-39(2)54(40(3)41-29-30-59(7,8)84-53(38)41)85(76,77)64-56(60)62-31-17-24-47(63-57(71)82-37-46-44-22-11-9-20-42(44)43-21-10-12-23-45(43)46)55(70)61-32-18-33-65(86(78,79)50-27-15-13-25-48(50)67(72)73)34-19-35-66(36-52(69)83-58(4,5)6)87(80,81)51-28-16-14-26-49(51)68(74)75/h9-16,20-23,25-28,46-47H,17-19,24,29-37H2,1-8H3,(H,61,70)(H,63,71)(H3,60,62,64)/t47-/m0/s1. The molecule has 25 nitrogen and oxygen atoms in total. The molecule has 2 amide bonds. The zero-order chi connectivity index (χ0) is 63.8. The van der Waals surface area contributed by atoms with Gasteiger partial charge >= 0.3 is 12.1 Å². The first-order valence-electron chi connectivity index (χ1n) is 28.1. The van der Waals surface area contributed by atoms with Crippen LogP contribution in [0.4, 0.5) is 16.2 Å².